The molecule has 4 aliphatic carbocycles. The van der Waals surface area contributed by atoms with Crippen LogP contribution < -0.4 is 0 Å². The number of hydrogen-bond donors (Lipinski definition) is 2. The lowest BCUT2D eigenvalue weighted by Crippen LogP contribution is -2.53. The largest absolute Gasteiger partial charge is 0.393 e. The fourth-order valence-corrected chi connectivity index (χ4v) is 8.70. The highest BCUT2D eigenvalue weighted by atomic mass is 32.2. The molecule has 2 nitrogen and oxygen atoms in total. The predicted molar refractivity (Wildman–Crippen MR) is 106 cm³/mol. The maximum absolute atomic E-state index is 10.9. The van der Waals surface area contributed by atoms with Gasteiger partial charge >= 0.3 is 0 Å². The SMILES string of the molecule is CC[C@H]1C[C@H](O)[C@@]2(C)CC[C@H]3[C@@H](CC=C4C[C@@H](O)CC[C@@]43CSC)[C@H]12. The van der Waals surface area contributed by atoms with Crippen LogP contribution in [0.15, 0.2) is 11.6 Å². The molecule has 0 unspecified atom stereocenters. The van der Waals surface area contributed by atoms with Gasteiger partial charge in [-0.2, -0.15) is 11.8 Å². The van der Waals surface area contributed by atoms with Gasteiger partial charge < -0.3 is 10.2 Å². The van der Waals surface area contributed by atoms with E-state index in [-0.39, 0.29) is 17.6 Å². The van der Waals surface area contributed by atoms with Gasteiger partial charge in [-0.15, -0.1) is 0 Å². The molecule has 3 saturated carbocycles. The molecule has 0 bridgehead atoms. The van der Waals surface area contributed by atoms with E-state index in [1.54, 1.807) is 5.57 Å². The number of hydrogen-bond acceptors (Lipinski definition) is 3. The number of aliphatic hydroxyl groups is 2. The Balaban J connectivity index is 1.73. The maximum atomic E-state index is 10.9. The van der Waals surface area contributed by atoms with E-state index in [2.05, 4.69) is 26.2 Å². The molecule has 4 aliphatic rings. The Kier molecular flexibility index (Phi) is 4.82. The highest BCUT2D eigenvalue weighted by Gasteiger charge is 2.61. The molecule has 0 spiro atoms. The van der Waals surface area contributed by atoms with Gasteiger partial charge in [-0.25, -0.2) is 0 Å². The first-order valence-electron chi connectivity index (χ1n) is 10.5. The van der Waals surface area contributed by atoms with Crippen molar-refractivity contribution in [1.82, 2.24) is 0 Å². The molecule has 8 atom stereocenters. The second kappa shape index (κ2) is 6.56. The molecular weight excluding hydrogens is 328 g/mol. The van der Waals surface area contributed by atoms with Crippen molar-refractivity contribution >= 4 is 11.8 Å². The van der Waals surface area contributed by atoms with Gasteiger partial charge in [0.25, 0.3) is 0 Å². The number of fused-ring (bicyclic) bond motifs is 5. The molecule has 2 N–H and O–H groups in total. The normalized spacial score (nSPS) is 52.1. The van der Waals surface area contributed by atoms with Crippen LogP contribution in [0.25, 0.3) is 0 Å². The van der Waals surface area contributed by atoms with Crippen LogP contribution in [-0.2, 0) is 0 Å². The Morgan fingerprint density at radius 3 is 2.76 bits per heavy atom. The topological polar surface area (TPSA) is 40.5 Å². The number of rotatable bonds is 3. The summed E-state index contributed by atoms with van der Waals surface area (Å²) in [5.74, 6) is 4.12. The van der Waals surface area contributed by atoms with Crippen LogP contribution >= 0.6 is 11.8 Å². The Bertz CT molecular complexity index is 546. The Morgan fingerprint density at radius 1 is 1.24 bits per heavy atom. The molecule has 0 aromatic heterocycles. The van der Waals surface area contributed by atoms with Crippen LogP contribution in [0, 0.1) is 34.5 Å². The molecule has 0 aromatic carbocycles. The summed E-state index contributed by atoms with van der Waals surface area (Å²) >= 11 is 2.00. The van der Waals surface area contributed by atoms with Crippen molar-refractivity contribution in [2.75, 3.05) is 12.0 Å². The van der Waals surface area contributed by atoms with Gasteiger partial charge in [0, 0.05) is 11.2 Å². The molecule has 142 valence electrons. The number of allylic oxidation sites excluding steroid dienone is 1. The zero-order chi connectivity index (χ0) is 17.8. The van der Waals surface area contributed by atoms with Gasteiger partial charge in [0.2, 0.25) is 0 Å². The number of thioether (sulfide) groups is 1. The smallest absolute Gasteiger partial charge is 0.0599 e. The van der Waals surface area contributed by atoms with Crippen molar-refractivity contribution in [1.29, 1.82) is 0 Å². The van der Waals surface area contributed by atoms with Crippen LogP contribution in [-0.4, -0.2) is 34.4 Å². The zero-order valence-corrected chi connectivity index (χ0v) is 17.0. The van der Waals surface area contributed by atoms with E-state index >= 15 is 0 Å². The summed E-state index contributed by atoms with van der Waals surface area (Å²) in [4.78, 5) is 0. The minimum Gasteiger partial charge on any atom is -0.393 e. The van der Waals surface area contributed by atoms with Crippen LogP contribution in [0.2, 0.25) is 0 Å². The highest BCUT2D eigenvalue weighted by Crippen LogP contribution is 2.66. The lowest BCUT2D eigenvalue weighted by Gasteiger charge is -2.59. The highest BCUT2D eigenvalue weighted by molar-refractivity contribution is 7.98. The molecule has 0 radical (unpaired) electrons. The third kappa shape index (κ3) is 2.59. The average Bonchev–Trinajstić information content (AvgIpc) is 2.86. The molecule has 3 heteroatoms. The molecule has 4 rings (SSSR count). The van der Waals surface area contributed by atoms with Crippen molar-refractivity contribution in [2.45, 2.75) is 77.4 Å². The Morgan fingerprint density at radius 2 is 2.04 bits per heavy atom. The van der Waals surface area contributed by atoms with Gasteiger partial charge in [0.15, 0.2) is 0 Å². The predicted octanol–water partition coefficient (Wildman–Crippen LogP) is 4.65. The average molecular weight is 365 g/mol. The monoisotopic (exact) mass is 364 g/mol. The van der Waals surface area contributed by atoms with E-state index < -0.39 is 0 Å². The molecular formula is C22H36O2S. The molecule has 0 amide bonds. The maximum Gasteiger partial charge on any atom is 0.0599 e. The quantitative estimate of drug-likeness (QED) is 0.716. The lowest BCUT2D eigenvalue weighted by atomic mass is 9.47. The summed E-state index contributed by atoms with van der Waals surface area (Å²) in [6, 6.07) is 0. The zero-order valence-electron chi connectivity index (χ0n) is 16.2. The lowest BCUT2D eigenvalue weighted by molar-refractivity contribution is -0.0779. The van der Waals surface area contributed by atoms with E-state index in [4.69, 9.17) is 0 Å². The van der Waals surface area contributed by atoms with Crippen LogP contribution in [0.1, 0.15) is 65.2 Å². The van der Waals surface area contributed by atoms with Gasteiger partial charge in [0.05, 0.1) is 12.2 Å². The van der Waals surface area contributed by atoms with Crippen molar-refractivity contribution in [3.8, 4) is 0 Å². The molecule has 3 fully saturated rings. The third-order valence-corrected chi connectivity index (χ3v) is 9.62. The minimum absolute atomic E-state index is 0.0987. The van der Waals surface area contributed by atoms with Crippen LogP contribution in [0.5, 0.6) is 0 Å². The van der Waals surface area contributed by atoms with Crippen molar-refractivity contribution in [3.63, 3.8) is 0 Å². The van der Waals surface area contributed by atoms with Crippen molar-refractivity contribution < 1.29 is 10.2 Å². The fraction of sp³-hybridized carbons (Fsp3) is 0.909. The summed E-state index contributed by atoms with van der Waals surface area (Å²) in [7, 11) is 0. The Labute approximate surface area is 157 Å². The summed E-state index contributed by atoms with van der Waals surface area (Å²) in [5.41, 5.74) is 2.05. The van der Waals surface area contributed by atoms with E-state index in [0.29, 0.717) is 17.3 Å². The van der Waals surface area contributed by atoms with Gasteiger partial charge in [-0.1, -0.05) is 31.9 Å². The fourth-order valence-electron chi connectivity index (χ4n) is 7.65. The first kappa shape index (κ1) is 18.4. The summed E-state index contributed by atoms with van der Waals surface area (Å²) in [6.45, 7) is 4.71. The molecule has 0 aromatic rings. The third-order valence-electron chi connectivity index (χ3n) is 8.82. The summed E-state index contributed by atoms with van der Waals surface area (Å²) in [6.07, 6.45) is 13.5. The van der Waals surface area contributed by atoms with Gasteiger partial charge in [-0.05, 0) is 80.3 Å². The second-order valence-corrected chi connectivity index (χ2v) is 10.6. The summed E-state index contributed by atoms with van der Waals surface area (Å²) < 4.78 is 0. The van der Waals surface area contributed by atoms with E-state index in [1.165, 1.54) is 37.9 Å². The molecule has 0 heterocycles. The van der Waals surface area contributed by atoms with E-state index in [9.17, 15) is 10.2 Å². The van der Waals surface area contributed by atoms with Crippen molar-refractivity contribution in [3.05, 3.63) is 11.6 Å². The van der Waals surface area contributed by atoms with Crippen LogP contribution in [0.4, 0.5) is 0 Å². The van der Waals surface area contributed by atoms with E-state index in [1.807, 2.05) is 11.8 Å². The van der Waals surface area contributed by atoms with Crippen molar-refractivity contribution in [2.24, 2.45) is 34.5 Å². The first-order chi connectivity index (χ1) is 12.0. The second-order valence-electron chi connectivity index (χ2n) is 9.71. The summed E-state index contributed by atoms with van der Waals surface area (Å²) in [5, 5.41) is 21.1. The molecule has 0 saturated heterocycles. The minimum atomic E-state index is -0.122. The Hall–Kier alpha value is 0.01000. The standard InChI is InChI=1S/C22H36O2S/c1-4-14-11-19(24)21(2)9-8-18-17(20(14)21)6-5-15-12-16(23)7-10-22(15,18)13-25-3/h5,14,16-20,23-24H,4,6-13H2,1-3H3/t14-,16-,17+,18-,19-,20-,21+,22+/m0/s1. The van der Waals surface area contributed by atoms with Gasteiger partial charge in [-0.3, -0.25) is 0 Å². The van der Waals surface area contributed by atoms with E-state index in [0.717, 1.165) is 31.1 Å². The molecule has 25 heavy (non-hydrogen) atoms. The van der Waals surface area contributed by atoms with Gasteiger partial charge in [0.1, 0.15) is 0 Å². The molecule has 0 aliphatic heterocycles. The number of aliphatic hydroxyl groups excluding tert-OH is 2. The van der Waals surface area contributed by atoms with Crippen LogP contribution in [0.3, 0.4) is 0 Å². The first-order valence-corrected chi connectivity index (χ1v) is 11.9.